The molecule has 0 radical (unpaired) electrons. The third-order valence-corrected chi connectivity index (χ3v) is 4.59. The average molecular weight is 314 g/mol. The molecule has 4 aromatic rings. The summed E-state index contributed by atoms with van der Waals surface area (Å²) in [4.78, 5) is 9.76. The Hall–Kier alpha value is -2.25. The Morgan fingerprint density at radius 2 is 2.19 bits per heavy atom. The molecule has 3 aromatic heterocycles. The molecule has 4 rings (SSSR count). The third kappa shape index (κ3) is 2.20. The second-order valence-corrected chi connectivity index (χ2v) is 6.04. The van der Waals surface area contributed by atoms with Crippen LogP contribution in [-0.2, 0) is 0 Å². The normalized spacial score (nSPS) is 11.1. The van der Waals surface area contributed by atoms with Crippen molar-refractivity contribution in [2.75, 3.05) is 7.11 Å². The lowest BCUT2D eigenvalue weighted by molar-refractivity contribution is 0.415. The van der Waals surface area contributed by atoms with Gasteiger partial charge in [-0.1, -0.05) is 23.5 Å². The Labute approximate surface area is 128 Å². The van der Waals surface area contributed by atoms with E-state index in [1.54, 1.807) is 28.5 Å². The Morgan fingerprint density at radius 3 is 2.95 bits per heavy atom. The molecule has 1 aromatic carbocycles. The standard InChI is InChI=1S/C14H10N4OS2/c1-19-10-4-2-3-9(5-10)11-6-18-14(16-11)21-13(17-18)12-7-20-8-15-12/h2-8H,1H3. The van der Waals surface area contributed by atoms with Crippen LogP contribution in [0.1, 0.15) is 0 Å². The zero-order chi connectivity index (χ0) is 14.2. The Bertz CT molecular complexity index is 863. The molecule has 0 aliphatic carbocycles. The maximum absolute atomic E-state index is 5.25. The molecule has 0 atom stereocenters. The van der Waals surface area contributed by atoms with Crippen molar-refractivity contribution in [3.8, 4) is 27.7 Å². The fraction of sp³-hybridized carbons (Fsp3) is 0.0714. The van der Waals surface area contributed by atoms with Crippen LogP contribution in [0.4, 0.5) is 0 Å². The monoisotopic (exact) mass is 314 g/mol. The molecule has 0 saturated heterocycles. The van der Waals surface area contributed by atoms with Crippen LogP contribution in [-0.4, -0.2) is 26.7 Å². The molecule has 0 unspecified atom stereocenters. The van der Waals surface area contributed by atoms with Crippen molar-refractivity contribution in [3.05, 3.63) is 41.4 Å². The van der Waals surface area contributed by atoms with Crippen LogP contribution in [0.15, 0.2) is 41.4 Å². The zero-order valence-electron chi connectivity index (χ0n) is 11.1. The summed E-state index contributed by atoms with van der Waals surface area (Å²) >= 11 is 3.10. The predicted octanol–water partition coefficient (Wildman–Crippen LogP) is 3.59. The fourth-order valence-corrected chi connectivity index (χ4v) is 3.50. The molecule has 3 heterocycles. The summed E-state index contributed by atoms with van der Waals surface area (Å²) in [6.07, 6.45) is 1.93. The van der Waals surface area contributed by atoms with Gasteiger partial charge in [0.15, 0.2) is 5.01 Å². The number of fused-ring (bicyclic) bond motifs is 1. The number of thiazole rings is 1. The number of hydrogen-bond donors (Lipinski definition) is 0. The Morgan fingerprint density at radius 1 is 1.24 bits per heavy atom. The minimum atomic E-state index is 0.819. The second-order valence-electron chi connectivity index (χ2n) is 4.37. The van der Waals surface area contributed by atoms with Crippen molar-refractivity contribution in [3.63, 3.8) is 0 Å². The topological polar surface area (TPSA) is 52.3 Å². The van der Waals surface area contributed by atoms with Crippen LogP contribution in [0.2, 0.25) is 0 Å². The first-order valence-electron chi connectivity index (χ1n) is 6.23. The molecule has 5 nitrogen and oxygen atoms in total. The van der Waals surface area contributed by atoms with E-state index in [2.05, 4.69) is 15.1 Å². The van der Waals surface area contributed by atoms with Gasteiger partial charge < -0.3 is 4.74 Å². The van der Waals surface area contributed by atoms with Gasteiger partial charge in [0, 0.05) is 10.9 Å². The van der Waals surface area contributed by atoms with Crippen LogP contribution in [0.25, 0.3) is 26.9 Å². The van der Waals surface area contributed by atoms with Gasteiger partial charge in [-0.25, -0.2) is 14.5 Å². The van der Waals surface area contributed by atoms with Gasteiger partial charge >= 0.3 is 0 Å². The van der Waals surface area contributed by atoms with E-state index in [4.69, 9.17) is 4.74 Å². The first-order chi connectivity index (χ1) is 10.3. The second kappa shape index (κ2) is 4.94. The molecule has 0 amide bonds. The van der Waals surface area contributed by atoms with Gasteiger partial charge in [-0.3, -0.25) is 0 Å². The molecular weight excluding hydrogens is 304 g/mol. The number of hydrogen-bond acceptors (Lipinski definition) is 6. The van der Waals surface area contributed by atoms with Gasteiger partial charge in [0.2, 0.25) is 4.96 Å². The van der Waals surface area contributed by atoms with Crippen LogP contribution in [0.5, 0.6) is 5.75 Å². The average Bonchev–Trinajstić information content (AvgIpc) is 3.21. The number of aromatic nitrogens is 4. The van der Waals surface area contributed by atoms with Crippen LogP contribution < -0.4 is 4.74 Å². The van der Waals surface area contributed by atoms with Crippen LogP contribution in [0.3, 0.4) is 0 Å². The van der Waals surface area contributed by atoms with Crippen molar-refractivity contribution in [1.29, 1.82) is 0 Å². The molecule has 0 aliphatic rings. The molecule has 0 bridgehead atoms. The summed E-state index contributed by atoms with van der Waals surface area (Å²) in [6, 6.07) is 7.85. The molecule has 0 saturated carbocycles. The lowest BCUT2D eigenvalue weighted by atomic mass is 10.1. The fourth-order valence-electron chi connectivity index (χ4n) is 2.04. The minimum absolute atomic E-state index is 0.819. The highest BCUT2D eigenvalue weighted by molar-refractivity contribution is 7.20. The number of benzene rings is 1. The van der Waals surface area contributed by atoms with Crippen molar-refractivity contribution in [1.82, 2.24) is 19.6 Å². The van der Waals surface area contributed by atoms with Gasteiger partial charge in [0.1, 0.15) is 11.4 Å². The van der Waals surface area contributed by atoms with E-state index < -0.39 is 0 Å². The van der Waals surface area contributed by atoms with E-state index in [0.717, 1.165) is 32.7 Å². The van der Waals surface area contributed by atoms with Gasteiger partial charge in [0.25, 0.3) is 0 Å². The highest BCUT2D eigenvalue weighted by Gasteiger charge is 2.12. The van der Waals surface area contributed by atoms with E-state index in [9.17, 15) is 0 Å². The molecule has 0 N–H and O–H groups in total. The number of imidazole rings is 1. The Balaban J connectivity index is 1.76. The van der Waals surface area contributed by atoms with Crippen LogP contribution >= 0.6 is 22.7 Å². The first-order valence-corrected chi connectivity index (χ1v) is 7.98. The van der Waals surface area contributed by atoms with Gasteiger partial charge in [0.05, 0.1) is 24.5 Å². The highest BCUT2D eigenvalue weighted by atomic mass is 32.1. The largest absolute Gasteiger partial charge is 0.497 e. The molecule has 104 valence electrons. The molecule has 0 spiro atoms. The van der Waals surface area contributed by atoms with Gasteiger partial charge in [-0.15, -0.1) is 11.3 Å². The summed E-state index contributed by atoms with van der Waals surface area (Å²) in [7, 11) is 1.66. The van der Waals surface area contributed by atoms with E-state index in [1.807, 2.05) is 35.8 Å². The van der Waals surface area contributed by atoms with Gasteiger partial charge in [-0.2, -0.15) is 5.10 Å². The predicted molar refractivity (Wildman–Crippen MR) is 84.0 cm³/mol. The van der Waals surface area contributed by atoms with Crippen molar-refractivity contribution >= 4 is 27.6 Å². The smallest absolute Gasteiger partial charge is 0.213 e. The van der Waals surface area contributed by atoms with Crippen molar-refractivity contribution in [2.24, 2.45) is 0 Å². The summed E-state index contributed by atoms with van der Waals surface area (Å²) in [6.45, 7) is 0. The number of rotatable bonds is 3. The molecule has 0 aliphatic heterocycles. The first kappa shape index (κ1) is 12.5. The van der Waals surface area contributed by atoms with E-state index >= 15 is 0 Å². The SMILES string of the molecule is COc1cccc(-c2cn3nc(-c4cscn4)sc3n2)c1. The summed E-state index contributed by atoms with van der Waals surface area (Å²) in [5.74, 6) is 0.819. The molecule has 0 fully saturated rings. The lowest BCUT2D eigenvalue weighted by Crippen LogP contribution is -1.84. The lowest BCUT2D eigenvalue weighted by Gasteiger charge is -2.01. The third-order valence-electron chi connectivity index (χ3n) is 3.06. The number of methoxy groups -OCH3 is 1. The molecule has 7 heteroatoms. The summed E-state index contributed by atoms with van der Waals surface area (Å²) in [5.41, 5.74) is 4.61. The zero-order valence-corrected chi connectivity index (χ0v) is 12.7. The maximum Gasteiger partial charge on any atom is 0.213 e. The van der Waals surface area contributed by atoms with E-state index in [1.165, 1.54) is 11.3 Å². The molecule has 21 heavy (non-hydrogen) atoms. The minimum Gasteiger partial charge on any atom is -0.497 e. The summed E-state index contributed by atoms with van der Waals surface area (Å²) in [5, 5.41) is 7.40. The highest BCUT2D eigenvalue weighted by Crippen LogP contribution is 2.28. The van der Waals surface area contributed by atoms with E-state index in [0.29, 0.717) is 0 Å². The summed E-state index contributed by atoms with van der Waals surface area (Å²) < 4.78 is 7.05. The van der Waals surface area contributed by atoms with Gasteiger partial charge in [-0.05, 0) is 12.1 Å². The Kier molecular flexibility index (Phi) is 2.94. The number of ether oxygens (including phenoxy) is 1. The van der Waals surface area contributed by atoms with E-state index in [-0.39, 0.29) is 0 Å². The van der Waals surface area contributed by atoms with Crippen LogP contribution in [0, 0.1) is 0 Å². The quantitative estimate of drug-likeness (QED) is 0.580. The maximum atomic E-state index is 5.25. The number of nitrogens with zero attached hydrogens (tertiary/aromatic N) is 4. The molecular formula is C14H10N4OS2. The van der Waals surface area contributed by atoms with Crippen molar-refractivity contribution in [2.45, 2.75) is 0 Å². The van der Waals surface area contributed by atoms with Crippen molar-refractivity contribution < 1.29 is 4.74 Å².